The second-order valence-corrected chi connectivity index (χ2v) is 6.98. The first-order valence-electron chi connectivity index (χ1n) is 8.00. The van der Waals surface area contributed by atoms with E-state index in [1.165, 1.54) is 6.07 Å². The van der Waals surface area contributed by atoms with Crippen LogP contribution in [0.3, 0.4) is 0 Å². The third-order valence-corrected chi connectivity index (χ3v) is 4.62. The van der Waals surface area contributed by atoms with Crippen molar-refractivity contribution in [2.24, 2.45) is 0 Å². The Morgan fingerprint density at radius 1 is 1.04 bits per heavy atom. The van der Waals surface area contributed by atoms with Crippen LogP contribution in [0.25, 0.3) is 21.9 Å². The van der Waals surface area contributed by atoms with Gasteiger partial charge in [-0.1, -0.05) is 28.1 Å². The number of fused-ring (bicyclic) bond motifs is 2. The maximum Gasteiger partial charge on any atom is 0.336 e. The van der Waals surface area contributed by atoms with Gasteiger partial charge in [0.25, 0.3) is 5.91 Å². The van der Waals surface area contributed by atoms with Gasteiger partial charge in [0.1, 0.15) is 11.2 Å². The predicted molar refractivity (Wildman–Crippen MR) is 102 cm³/mol. The van der Waals surface area contributed by atoms with Crippen LogP contribution in [-0.4, -0.2) is 5.91 Å². The largest absolute Gasteiger partial charge is 0.451 e. The molecule has 2 aromatic heterocycles. The third kappa shape index (κ3) is 3.15. The van der Waals surface area contributed by atoms with E-state index in [1.54, 1.807) is 18.2 Å². The second-order valence-electron chi connectivity index (χ2n) is 6.07. The van der Waals surface area contributed by atoms with Crippen molar-refractivity contribution in [2.45, 2.75) is 13.5 Å². The molecule has 2 heterocycles. The molecule has 130 valence electrons. The molecule has 1 amide bonds. The highest BCUT2D eigenvalue weighted by molar-refractivity contribution is 9.10. The number of carbonyl (C=O) groups excluding carboxylic acids is 1. The van der Waals surface area contributed by atoms with Gasteiger partial charge in [-0.05, 0) is 48.4 Å². The summed E-state index contributed by atoms with van der Waals surface area (Å²) in [6.07, 6.45) is 0. The van der Waals surface area contributed by atoms with Crippen molar-refractivity contribution in [3.8, 4) is 0 Å². The molecule has 0 saturated heterocycles. The van der Waals surface area contributed by atoms with Crippen LogP contribution < -0.4 is 10.9 Å². The van der Waals surface area contributed by atoms with Crippen LogP contribution in [0.15, 0.2) is 66.6 Å². The number of aryl methyl sites for hydroxylation is 1. The molecule has 1 N–H and O–H groups in total. The fourth-order valence-electron chi connectivity index (χ4n) is 2.87. The van der Waals surface area contributed by atoms with Gasteiger partial charge in [-0.3, -0.25) is 4.79 Å². The molecular weight excluding hydrogens is 398 g/mol. The number of amides is 1. The van der Waals surface area contributed by atoms with Crippen molar-refractivity contribution in [3.63, 3.8) is 0 Å². The molecular formula is C20H14BrNO4. The van der Waals surface area contributed by atoms with Gasteiger partial charge in [-0.15, -0.1) is 0 Å². The van der Waals surface area contributed by atoms with E-state index in [0.717, 1.165) is 20.8 Å². The van der Waals surface area contributed by atoms with Gasteiger partial charge in [-0.2, -0.15) is 0 Å². The maximum atomic E-state index is 12.4. The van der Waals surface area contributed by atoms with Crippen molar-refractivity contribution in [1.82, 2.24) is 5.32 Å². The quantitative estimate of drug-likeness (QED) is 0.502. The van der Waals surface area contributed by atoms with Crippen LogP contribution in [-0.2, 0) is 6.54 Å². The molecule has 26 heavy (non-hydrogen) atoms. The molecule has 5 nitrogen and oxygen atoms in total. The summed E-state index contributed by atoms with van der Waals surface area (Å²) in [5.74, 6) is -0.118. The number of nitrogens with one attached hydrogen (secondary N) is 1. The fourth-order valence-corrected chi connectivity index (χ4v) is 3.25. The molecule has 0 fully saturated rings. The third-order valence-electron chi connectivity index (χ3n) is 4.13. The van der Waals surface area contributed by atoms with E-state index in [1.807, 2.05) is 31.2 Å². The SMILES string of the molecule is Cc1ccc2c(CNC(=O)c3cc4cc(Br)ccc4o3)cc(=O)oc2c1. The monoisotopic (exact) mass is 411 g/mol. The van der Waals surface area contributed by atoms with Gasteiger partial charge in [0, 0.05) is 27.9 Å². The topological polar surface area (TPSA) is 72.5 Å². The Labute approximate surface area is 156 Å². The number of benzene rings is 2. The molecule has 0 aliphatic heterocycles. The predicted octanol–water partition coefficient (Wildman–Crippen LogP) is 4.54. The first-order valence-corrected chi connectivity index (χ1v) is 8.79. The number of carbonyl (C=O) groups is 1. The van der Waals surface area contributed by atoms with Crippen molar-refractivity contribution < 1.29 is 13.6 Å². The summed E-state index contributed by atoms with van der Waals surface area (Å²) in [5, 5.41) is 4.43. The highest BCUT2D eigenvalue weighted by Gasteiger charge is 2.13. The van der Waals surface area contributed by atoms with Crippen molar-refractivity contribution in [3.05, 3.63) is 80.3 Å². The first-order chi connectivity index (χ1) is 12.5. The average Bonchev–Trinajstić information content (AvgIpc) is 3.02. The van der Waals surface area contributed by atoms with Gasteiger partial charge >= 0.3 is 5.63 Å². The summed E-state index contributed by atoms with van der Waals surface area (Å²) in [6, 6.07) is 14.2. The lowest BCUT2D eigenvalue weighted by molar-refractivity contribution is 0.0925. The number of furan rings is 1. The average molecular weight is 412 g/mol. The Kier molecular flexibility index (Phi) is 4.12. The Bertz CT molecular complexity index is 1210. The van der Waals surface area contributed by atoms with E-state index >= 15 is 0 Å². The van der Waals surface area contributed by atoms with E-state index in [-0.39, 0.29) is 18.2 Å². The van der Waals surface area contributed by atoms with Crippen molar-refractivity contribution in [2.75, 3.05) is 0 Å². The van der Waals surface area contributed by atoms with E-state index in [2.05, 4.69) is 21.2 Å². The molecule has 0 aliphatic carbocycles. The number of hydrogen-bond donors (Lipinski definition) is 1. The molecule has 0 atom stereocenters. The van der Waals surface area contributed by atoms with Crippen LogP contribution in [0.4, 0.5) is 0 Å². The molecule has 4 aromatic rings. The minimum atomic E-state index is -0.444. The van der Waals surface area contributed by atoms with Gasteiger partial charge in [0.2, 0.25) is 0 Å². The summed E-state index contributed by atoms with van der Waals surface area (Å²) >= 11 is 3.39. The number of hydrogen-bond acceptors (Lipinski definition) is 4. The second kappa shape index (κ2) is 6.46. The Balaban J connectivity index is 1.61. The number of rotatable bonds is 3. The Morgan fingerprint density at radius 3 is 2.73 bits per heavy atom. The maximum absolute atomic E-state index is 12.4. The van der Waals surface area contributed by atoms with Gasteiger partial charge in [0.15, 0.2) is 5.76 Å². The van der Waals surface area contributed by atoms with E-state index < -0.39 is 5.63 Å². The normalized spacial score (nSPS) is 11.2. The van der Waals surface area contributed by atoms with Crippen LogP contribution in [0.2, 0.25) is 0 Å². The summed E-state index contributed by atoms with van der Waals surface area (Å²) in [5.41, 5.74) is 2.40. The zero-order valence-electron chi connectivity index (χ0n) is 13.8. The zero-order chi connectivity index (χ0) is 18.3. The minimum absolute atomic E-state index is 0.199. The van der Waals surface area contributed by atoms with E-state index in [9.17, 15) is 9.59 Å². The summed E-state index contributed by atoms with van der Waals surface area (Å²) < 4.78 is 11.7. The summed E-state index contributed by atoms with van der Waals surface area (Å²) in [7, 11) is 0. The smallest absolute Gasteiger partial charge is 0.336 e. The van der Waals surface area contributed by atoms with Crippen molar-refractivity contribution in [1.29, 1.82) is 0 Å². The fraction of sp³-hybridized carbons (Fsp3) is 0.100. The highest BCUT2D eigenvalue weighted by atomic mass is 79.9. The molecule has 0 spiro atoms. The number of halogens is 1. The van der Waals surface area contributed by atoms with Crippen LogP contribution in [0.5, 0.6) is 0 Å². The van der Waals surface area contributed by atoms with Crippen LogP contribution in [0.1, 0.15) is 21.7 Å². The van der Waals surface area contributed by atoms with Gasteiger partial charge < -0.3 is 14.2 Å². The molecule has 4 rings (SSSR count). The summed E-state index contributed by atoms with van der Waals surface area (Å²) in [4.78, 5) is 24.2. The lowest BCUT2D eigenvalue weighted by Gasteiger charge is -2.07. The van der Waals surface area contributed by atoms with Crippen molar-refractivity contribution >= 4 is 43.8 Å². The molecule has 2 aromatic carbocycles. The van der Waals surface area contributed by atoms with Gasteiger partial charge in [-0.25, -0.2) is 4.79 Å². The van der Waals surface area contributed by atoms with E-state index in [0.29, 0.717) is 16.7 Å². The molecule has 0 radical (unpaired) electrons. The molecule has 0 aliphatic rings. The Hall–Kier alpha value is -2.86. The molecule has 6 heteroatoms. The highest BCUT2D eigenvalue weighted by Crippen LogP contribution is 2.23. The van der Waals surface area contributed by atoms with E-state index in [4.69, 9.17) is 8.83 Å². The summed E-state index contributed by atoms with van der Waals surface area (Å²) in [6.45, 7) is 2.12. The Morgan fingerprint density at radius 2 is 1.88 bits per heavy atom. The van der Waals surface area contributed by atoms with Crippen LogP contribution >= 0.6 is 15.9 Å². The lowest BCUT2D eigenvalue weighted by atomic mass is 10.1. The molecule has 0 saturated carbocycles. The first kappa shape index (κ1) is 16.6. The lowest BCUT2D eigenvalue weighted by Crippen LogP contribution is -2.23. The van der Waals surface area contributed by atoms with Crippen LogP contribution in [0, 0.1) is 6.92 Å². The molecule has 0 unspecified atom stereocenters. The van der Waals surface area contributed by atoms with Gasteiger partial charge in [0.05, 0.1) is 0 Å². The minimum Gasteiger partial charge on any atom is -0.451 e. The standard InChI is InChI=1S/C20H14BrNO4/c1-11-2-4-15-13(9-19(23)26-17(15)6-11)10-22-20(24)18-8-12-7-14(21)3-5-16(12)25-18/h2-9H,10H2,1H3,(H,22,24). The zero-order valence-corrected chi connectivity index (χ0v) is 15.4. The molecule has 0 bridgehead atoms.